The molecule has 0 fully saturated rings. The quantitative estimate of drug-likeness (QED) is 0.421. The van der Waals surface area contributed by atoms with E-state index in [0.717, 1.165) is 0 Å². The molecule has 0 saturated heterocycles. The van der Waals surface area contributed by atoms with Crippen LogP contribution in [-0.4, -0.2) is 19.0 Å². The number of hydrogen-bond donors (Lipinski definition) is 0. The summed E-state index contributed by atoms with van der Waals surface area (Å²) in [5.41, 5.74) is 0. The van der Waals surface area contributed by atoms with Crippen molar-refractivity contribution in [1.82, 2.24) is 0 Å². The summed E-state index contributed by atoms with van der Waals surface area (Å²) in [6, 6.07) is 0. The highest BCUT2D eigenvalue weighted by atomic mass is 28.3. The van der Waals surface area contributed by atoms with Gasteiger partial charge < -0.3 is 0 Å². The second-order valence-electron chi connectivity index (χ2n) is 3.00. The molecule has 6 heavy (non-hydrogen) atoms. The lowest BCUT2D eigenvalue weighted by Crippen LogP contribution is -2.10. The maximum absolute atomic E-state index is 2.33. The number of hydrogen-bond acceptors (Lipinski definition) is 0. The van der Waals surface area contributed by atoms with Gasteiger partial charge in [0.25, 0.3) is 0 Å². The van der Waals surface area contributed by atoms with Gasteiger partial charge in [-0.25, -0.2) is 0 Å². The Morgan fingerprint density at radius 3 is 0.833 bits per heavy atom. The van der Waals surface area contributed by atoms with Crippen LogP contribution in [0.3, 0.4) is 0 Å². The van der Waals surface area contributed by atoms with Crippen molar-refractivity contribution in [2.75, 3.05) is 0 Å². The molecule has 0 aliphatic rings. The van der Waals surface area contributed by atoms with Crippen molar-refractivity contribution in [3.05, 3.63) is 0 Å². The fourth-order valence-electron chi connectivity index (χ4n) is 0. The summed E-state index contributed by atoms with van der Waals surface area (Å²) >= 11 is 0. The van der Waals surface area contributed by atoms with Gasteiger partial charge in [0, 0.05) is 19.0 Å². The van der Waals surface area contributed by atoms with Crippen LogP contribution in [0.15, 0.2) is 0 Å². The first kappa shape index (κ1) is 9.66. The second kappa shape index (κ2) is 2.58. The lowest BCUT2D eigenvalue weighted by molar-refractivity contribution is 1.71. The van der Waals surface area contributed by atoms with E-state index in [1.807, 2.05) is 0 Å². The lowest BCUT2D eigenvalue weighted by Gasteiger charge is -2.01. The molecule has 0 rings (SSSR count). The van der Waals surface area contributed by atoms with E-state index < -0.39 is 8.07 Å². The van der Waals surface area contributed by atoms with E-state index in [2.05, 4.69) is 26.2 Å². The van der Waals surface area contributed by atoms with E-state index in [1.54, 1.807) is 0 Å². The normalized spacial score (nSPS) is 10.0. The Hall–Kier alpha value is 0.434. The molecule has 0 heterocycles. The standard InChI is InChI=1S/C4H12Si.Si/c1-5(2,3)4;/h1-4H3;. The van der Waals surface area contributed by atoms with Gasteiger partial charge in [0.05, 0.1) is 0 Å². The largest absolute Gasteiger partial charge is 0.0697 e. The van der Waals surface area contributed by atoms with Crippen molar-refractivity contribution >= 4 is 19.0 Å². The maximum atomic E-state index is 2.33. The molecule has 4 radical (unpaired) electrons. The SMILES string of the molecule is C[Si](C)(C)C.[Si]. The Kier molecular flexibility index (Phi) is 4.16. The van der Waals surface area contributed by atoms with Crippen LogP contribution in [0.5, 0.6) is 0 Å². The molecule has 0 spiro atoms. The van der Waals surface area contributed by atoms with Crippen LogP contribution in [0.1, 0.15) is 0 Å². The van der Waals surface area contributed by atoms with Gasteiger partial charge in [0.1, 0.15) is 0 Å². The molecule has 0 aromatic heterocycles. The first-order chi connectivity index (χ1) is 2.00. The van der Waals surface area contributed by atoms with Gasteiger partial charge in [0.2, 0.25) is 0 Å². The molecule has 0 saturated carbocycles. The predicted octanol–water partition coefficient (Wildman–Crippen LogP) is 1.57. The third-order valence-electron chi connectivity index (χ3n) is 0. The topological polar surface area (TPSA) is 0 Å². The summed E-state index contributed by atoms with van der Waals surface area (Å²) in [5, 5.41) is 0. The summed E-state index contributed by atoms with van der Waals surface area (Å²) in [7, 11) is -0.611. The predicted molar refractivity (Wildman–Crippen MR) is 35.0 cm³/mol. The molecule has 0 unspecified atom stereocenters. The van der Waals surface area contributed by atoms with Crippen molar-refractivity contribution in [1.29, 1.82) is 0 Å². The maximum Gasteiger partial charge on any atom is 0.0411 e. The van der Waals surface area contributed by atoms with Crippen molar-refractivity contribution < 1.29 is 0 Å². The van der Waals surface area contributed by atoms with Gasteiger partial charge in [-0.2, -0.15) is 0 Å². The summed E-state index contributed by atoms with van der Waals surface area (Å²) in [4.78, 5) is 0. The van der Waals surface area contributed by atoms with Crippen molar-refractivity contribution in [3.8, 4) is 0 Å². The minimum atomic E-state index is -0.611. The molecular weight excluding hydrogens is 104 g/mol. The first-order valence-electron chi connectivity index (χ1n) is 2.00. The van der Waals surface area contributed by atoms with E-state index in [0.29, 0.717) is 0 Å². The molecule has 0 aromatic rings. The second-order valence-corrected chi connectivity index (χ2v) is 9.00. The monoisotopic (exact) mass is 116 g/mol. The molecule has 0 atom stereocenters. The molecule has 0 nitrogen and oxygen atoms in total. The average molecular weight is 116 g/mol. The summed E-state index contributed by atoms with van der Waals surface area (Å²) in [6.45, 7) is 9.31. The Bertz CT molecular complexity index is 21.0. The van der Waals surface area contributed by atoms with Crippen molar-refractivity contribution in [3.63, 3.8) is 0 Å². The zero-order valence-corrected chi connectivity index (χ0v) is 7.00. The van der Waals surface area contributed by atoms with Crippen LogP contribution in [0, 0.1) is 0 Å². The van der Waals surface area contributed by atoms with Crippen LogP contribution in [0.4, 0.5) is 0 Å². The molecule has 0 aliphatic carbocycles. The van der Waals surface area contributed by atoms with Gasteiger partial charge in [-0.15, -0.1) is 0 Å². The molecule has 36 valence electrons. The molecule has 0 aliphatic heterocycles. The summed E-state index contributed by atoms with van der Waals surface area (Å²) in [6.07, 6.45) is 0. The van der Waals surface area contributed by atoms with Crippen LogP contribution >= 0.6 is 0 Å². The van der Waals surface area contributed by atoms with Crippen molar-refractivity contribution in [2.24, 2.45) is 0 Å². The fraction of sp³-hybridized carbons (Fsp3) is 1.00. The van der Waals surface area contributed by atoms with Gasteiger partial charge >= 0.3 is 0 Å². The van der Waals surface area contributed by atoms with Gasteiger partial charge in [-0.3, -0.25) is 0 Å². The van der Waals surface area contributed by atoms with Crippen LogP contribution in [-0.2, 0) is 0 Å². The third-order valence-corrected chi connectivity index (χ3v) is 0. The fourth-order valence-corrected chi connectivity index (χ4v) is 0. The Morgan fingerprint density at radius 2 is 0.833 bits per heavy atom. The summed E-state index contributed by atoms with van der Waals surface area (Å²) < 4.78 is 0. The Balaban J connectivity index is 0. The van der Waals surface area contributed by atoms with E-state index in [-0.39, 0.29) is 11.0 Å². The van der Waals surface area contributed by atoms with E-state index in [9.17, 15) is 0 Å². The molecular formula is C4H12Si2. The highest BCUT2D eigenvalue weighted by Crippen LogP contribution is 1.94. The molecule has 0 aromatic carbocycles. The molecule has 0 amide bonds. The van der Waals surface area contributed by atoms with Crippen LogP contribution in [0.2, 0.25) is 26.2 Å². The van der Waals surface area contributed by atoms with Gasteiger partial charge in [0.15, 0.2) is 0 Å². The smallest absolute Gasteiger partial charge is 0.0411 e. The molecule has 0 N–H and O–H groups in total. The van der Waals surface area contributed by atoms with Gasteiger partial charge in [-0.05, 0) is 0 Å². The molecule has 2 heteroatoms. The van der Waals surface area contributed by atoms with Crippen LogP contribution in [0.25, 0.3) is 0 Å². The molecule has 0 bridgehead atoms. The van der Waals surface area contributed by atoms with E-state index >= 15 is 0 Å². The lowest BCUT2D eigenvalue weighted by atomic mass is 11.8. The van der Waals surface area contributed by atoms with Gasteiger partial charge in [-0.1, -0.05) is 26.2 Å². The Labute approximate surface area is 46.0 Å². The highest BCUT2D eigenvalue weighted by Gasteiger charge is 1.99. The third kappa shape index (κ3) is 278. The minimum Gasteiger partial charge on any atom is -0.0697 e. The highest BCUT2D eigenvalue weighted by molar-refractivity contribution is 6.74. The van der Waals surface area contributed by atoms with Crippen molar-refractivity contribution in [2.45, 2.75) is 26.2 Å². The minimum absolute atomic E-state index is 0. The first-order valence-corrected chi connectivity index (χ1v) is 6.00. The Morgan fingerprint density at radius 1 is 0.833 bits per heavy atom. The van der Waals surface area contributed by atoms with E-state index in [1.165, 1.54) is 0 Å². The average Bonchev–Trinajstić information content (AvgIpc) is 0.722. The summed E-state index contributed by atoms with van der Waals surface area (Å²) in [5.74, 6) is 0. The zero-order valence-electron chi connectivity index (χ0n) is 5.00. The number of rotatable bonds is 0. The zero-order chi connectivity index (χ0) is 4.50. The van der Waals surface area contributed by atoms with Crippen LogP contribution < -0.4 is 0 Å². The van der Waals surface area contributed by atoms with E-state index in [4.69, 9.17) is 0 Å².